The van der Waals surface area contributed by atoms with Crippen molar-refractivity contribution in [1.82, 2.24) is 4.98 Å². The molecule has 1 atom stereocenters. The lowest BCUT2D eigenvalue weighted by Gasteiger charge is -2.15. The molecule has 0 radical (unpaired) electrons. The van der Waals surface area contributed by atoms with Gasteiger partial charge in [0.25, 0.3) is 5.91 Å². The van der Waals surface area contributed by atoms with Crippen LogP contribution in [0.3, 0.4) is 0 Å². The summed E-state index contributed by atoms with van der Waals surface area (Å²) in [6, 6.07) is 11.4. The first kappa shape index (κ1) is 14.7. The van der Waals surface area contributed by atoms with E-state index in [1.807, 2.05) is 18.2 Å². The van der Waals surface area contributed by atoms with Crippen LogP contribution in [-0.4, -0.2) is 10.9 Å². The van der Waals surface area contributed by atoms with Crippen molar-refractivity contribution in [2.45, 2.75) is 26.2 Å². The van der Waals surface area contributed by atoms with Crippen molar-refractivity contribution >= 4 is 27.5 Å². The van der Waals surface area contributed by atoms with Crippen LogP contribution < -0.4 is 5.32 Å². The minimum Gasteiger partial charge on any atom is -0.322 e. The van der Waals surface area contributed by atoms with E-state index in [0.717, 1.165) is 17.7 Å². The zero-order valence-electron chi connectivity index (χ0n) is 11.6. The second-order valence-corrected chi connectivity index (χ2v) is 5.53. The molecule has 104 valence electrons. The fourth-order valence-electron chi connectivity index (χ4n) is 1.97. The van der Waals surface area contributed by atoms with Crippen LogP contribution in [0.1, 0.15) is 42.1 Å². The number of aromatic nitrogens is 1. The van der Waals surface area contributed by atoms with Crippen LogP contribution in [0.5, 0.6) is 0 Å². The van der Waals surface area contributed by atoms with Gasteiger partial charge in [-0.05, 0) is 52.0 Å². The van der Waals surface area contributed by atoms with E-state index >= 15 is 0 Å². The van der Waals surface area contributed by atoms with E-state index in [1.165, 1.54) is 0 Å². The lowest BCUT2D eigenvalue weighted by molar-refractivity contribution is 0.102. The highest BCUT2D eigenvalue weighted by Crippen LogP contribution is 2.26. The topological polar surface area (TPSA) is 42.0 Å². The number of rotatable bonds is 4. The van der Waals surface area contributed by atoms with E-state index in [9.17, 15) is 4.79 Å². The molecule has 0 aliphatic heterocycles. The zero-order valence-corrected chi connectivity index (χ0v) is 13.1. The largest absolute Gasteiger partial charge is 0.322 e. The molecule has 0 aliphatic rings. The third-order valence-electron chi connectivity index (χ3n) is 3.34. The number of hydrogen-bond donors (Lipinski definition) is 1. The Morgan fingerprint density at radius 2 is 2.05 bits per heavy atom. The van der Waals surface area contributed by atoms with Crippen molar-refractivity contribution < 1.29 is 4.79 Å². The number of carbonyl (C=O) groups excluding carboxylic acids is 1. The molecule has 20 heavy (non-hydrogen) atoms. The fourth-order valence-corrected chi connectivity index (χ4v) is 2.20. The van der Waals surface area contributed by atoms with E-state index < -0.39 is 0 Å². The Morgan fingerprint density at radius 3 is 2.70 bits per heavy atom. The van der Waals surface area contributed by atoms with Gasteiger partial charge < -0.3 is 5.32 Å². The molecule has 1 aromatic carbocycles. The molecule has 0 spiro atoms. The molecular weight excluding hydrogens is 316 g/mol. The summed E-state index contributed by atoms with van der Waals surface area (Å²) in [6.07, 6.45) is 2.60. The molecule has 0 aliphatic carbocycles. The summed E-state index contributed by atoms with van der Waals surface area (Å²) < 4.78 is 0.717. The molecule has 1 unspecified atom stereocenters. The van der Waals surface area contributed by atoms with Crippen molar-refractivity contribution in [3.8, 4) is 0 Å². The highest BCUT2D eigenvalue weighted by Gasteiger charge is 2.12. The quantitative estimate of drug-likeness (QED) is 0.830. The number of para-hydroxylation sites is 1. The maximum Gasteiger partial charge on any atom is 0.257 e. The predicted molar refractivity (Wildman–Crippen MR) is 85.0 cm³/mol. The van der Waals surface area contributed by atoms with Crippen LogP contribution >= 0.6 is 15.9 Å². The maximum absolute atomic E-state index is 12.2. The molecule has 0 saturated heterocycles. The number of nitrogens with one attached hydrogen (secondary N) is 1. The van der Waals surface area contributed by atoms with Crippen LogP contribution in [0.4, 0.5) is 5.69 Å². The first-order chi connectivity index (χ1) is 9.61. The zero-order chi connectivity index (χ0) is 14.5. The number of pyridine rings is 1. The van der Waals surface area contributed by atoms with E-state index in [2.05, 4.69) is 46.1 Å². The lowest BCUT2D eigenvalue weighted by Crippen LogP contribution is -2.14. The van der Waals surface area contributed by atoms with Crippen molar-refractivity contribution in [3.05, 3.63) is 58.3 Å². The van der Waals surface area contributed by atoms with Crippen molar-refractivity contribution in [2.75, 3.05) is 5.32 Å². The molecule has 3 nitrogen and oxygen atoms in total. The molecule has 1 N–H and O–H groups in total. The smallest absolute Gasteiger partial charge is 0.257 e. The number of halogens is 1. The average molecular weight is 333 g/mol. The van der Waals surface area contributed by atoms with Gasteiger partial charge in [-0.25, -0.2) is 4.98 Å². The Morgan fingerprint density at radius 1 is 1.30 bits per heavy atom. The van der Waals surface area contributed by atoms with Gasteiger partial charge in [0, 0.05) is 11.9 Å². The third kappa shape index (κ3) is 3.45. The molecule has 1 heterocycles. The Bertz CT molecular complexity index is 596. The Kier molecular flexibility index (Phi) is 4.90. The maximum atomic E-state index is 12.2. The van der Waals surface area contributed by atoms with Crippen molar-refractivity contribution in [2.24, 2.45) is 0 Å². The Balaban J connectivity index is 2.21. The van der Waals surface area contributed by atoms with Gasteiger partial charge >= 0.3 is 0 Å². The van der Waals surface area contributed by atoms with Crippen molar-refractivity contribution in [3.63, 3.8) is 0 Å². The molecule has 2 rings (SSSR count). The first-order valence-corrected chi connectivity index (χ1v) is 7.43. The molecular formula is C16H17BrN2O. The van der Waals surface area contributed by atoms with Crippen LogP contribution in [0.15, 0.2) is 47.2 Å². The molecule has 1 aromatic heterocycles. The molecule has 4 heteroatoms. The summed E-state index contributed by atoms with van der Waals surface area (Å²) in [5, 5.41) is 2.97. The lowest BCUT2D eigenvalue weighted by atomic mass is 9.97. The minimum atomic E-state index is -0.138. The van der Waals surface area contributed by atoms with E-state index in [4.69, 9.17) is 0 Å². The summed E-state index contributed by atoms with van der Waals surface area (Å²) in [7, 11) is 0. The summed E-state index contributed by atoms with van der Waals surface area (Å²) >= 11 is 3.26. The van der Waals surface area contributed by atoms with Gasteiger partial charge in [-0.1, -0.05) is 32.0 Å². The number of amides is 1. The molecule has 0 bridgehead atoms. The summed E-state index contributed by atoms with van der Waals surface area (Å²) in [5.41, 5.74) is 2.58. The monoisotopic (exact) mass is 332 g/mol. The summed E-state index contributed by atoms with van der Waals surface area (Å²) in [6.45, 7) is 4.30. The average Bonchev–Trinajstić information content (AvgIpc) is 2.47. The standard InChI is InChI=1S/C16H17BrN2O/c1-3-11(2)13-6-4-5-7-14(13)19-16(20)12-8-9-15(17)18-10-12/h4-11H,3H2,1-2H3,(H,19,20). The van der Waals surface area contributed by atoms with Crippen LogP contribution in [0, 0.1) is 0 Å². The van der Waals surface area contributed by atoms with Crippen molar-refractivity contribution in [1.29, 1.82) is 0 Å². The molecule has 0 saturated carbocycles. The van der Waals surface area contributed by atoms with Gasteiger partial charge in [0.05, 0.1) is 5.56 Å². The van der Waals surface area contributed by atoms with Gasteiger partial charge in [-0.15, -0.1) is 0 Å². The highest BCUT2D eigenvalue weighted by molar-refractivity contribution is 9.10. The van der Waals surface area contributed by atoms with E-state index in [1.54, 1.807) is 18.3 Å². The Hall–Kier alpha value is -1.68. The van der Waals surface area contributed by atoms with Crippen LogP contribution in [0.25, 0.3) is 0 Å². The normalized spacial score (nSPS) is 11.9. The second-order valence-electron chi connectivity index (χ2n) is 4.72. The van der Waals surface area contributed by atoms with Gasteiger partial charge in [-0.3, -0.25) is 4.79 Å². The van der Waals surface area contributed by atoms with Gasteiger partial charge in [0.1, 0.15) is 4.60 Å². The van der Waals surface area contributed by atoms with Gasteiger partial charge in [0.15, 0.2) is 0 Å². The number of carbonyl (C=O) groups is 1. The van der Waals surface area contributed by atoms with Gasteiger partial charge in [-0.2, -0.15) is 0 Å². The number of hydrogen-bond acceptors (Lipinski definition) is 2. The fraction of sp³-hybridized carbons (Fsp3) is 0.250. The Labute approximate surface area is 127 Å². The summed E-state index contributed by atoms with van der Waals surface area (Å²) in [5.74, 6) is 0.273. The molecule has 0 fully saturated rings. The van der Waals surface area contributed by atoms with Crippen LogP contribution in [-0.2, 0) is 0 Å². The second kappa shape index (κ2) is 6.66. The molecule has 1 amide bonds. The first-order valence-electron chi connectivity index (χ1n) is 6.63. The van der Waals surface area contributed by atoms with Crippen LogP contribution in [0.2, 0.25) is 0 Å². The molecule has 2 aromatic rings. The van der Waals surface area contributed by atoms with E-state index in [-0.39, 0.29) is 5.91 Å². The third-order valence-corrected chi connectivity index (χ3v) is 3.81. The van der Waals surface area contributed by atoms with E-state index in [0.29, 0.717) is 16.1 Å². The van der Waals surface area contributed by atoms with Gasteiger partial charge in [0.2, 0.25) is 0 Å². The SMILES string of the molecule is CCC(C)c1ccccc1NC(=O)c1ccc(Br)nc1. The summed E-state index contributed by atoms with van der Waals surface area (Å²) in [4.78, 5) is 16.3. The number of anilines is 1. The highest BCUT2D eigenvalue weighted by atomic mass is 79.9. The predicted octanol–water partition coefficient (Wildman–Crippen LogP) is 4.61. The number of nitrogens with zero attached hydrogens (tertiary/aromatic N) is 1. The minimum absolute atomic E-state index is 0.138. The number of benzene rings is 1.